The average molecular weight is 360 g/mol. The molecule has 26 heavy (non-hydrogen) atoms. The second kappa shape index (κ2) is 8.08. The van der Waals surface area contributed by atoms with Crippen molar-refractivity contribution in [2.45, 2.75) is 27.7 Å². The number of rotatable bonds is 5. The Morgan fingerprint density at radius 3 is 2.15 bits per heavy atom. The van der Waals surface area contributed by atoms with Crippen LogP contribution >= 0.6 is 0 Å². The number of hydrogen-bond donors (Lipinski definition) is 1. The van der Waals surface area contributed by atoms with Crippen molar-refractivity contribution in [1.82, 2.24) is 5.32 Å². The molecule has 0 fully saturated rings. The van der Waals surface area contributed by atoms with Crippen LogP contribution in [0.4, 0.5) is 14.5 Å². The van der Waals surface area contributed by atoms with E-state index in [0.29, 0.717) is 0 Å². The van der Waals surface area contributed by atoms with E-state index < -0.39 is 17.5 Å². The van der Waals surface area contributed by atoms with Gasteiger partial charge >= 0.3 is 0 Å². The van der Waals surface area contributed by atoms with E-state index in [2.05, 4.69) is 5.32 Å². The minimum Gasteiger partial charge on any atom is -0.350 e. The van der Waals surface area contributed by atoms with E-state index in [1.165, 1.54) is 13.0 Å². The summed E-state index contributed by atoms with van der Waals surface area (Å²) in [6.07, 6.45) is 0. The van der Waals surface area contributed by atoms with Crippen LogP contribution in [-0.4, -0.2) is 24.9 Å². The van der Waals surface area contributed by atoms with Gasteiger partial charge < -0.3 is 10.2 Å². The highest BCUT2D eigenvalue weighted by Gasteiger charge is 2.17. The van der Waals surface area contributed by atoms with Gasteiger partial charge in [-0.25, -0.2) is 8.78 Å². The zero-order valence-electron chi connectivity index (χ0n) is 15.3. The molecule has 4 nitrogen and oxygen atoms in total. The van der Waals surface area contributed by atoms with Gasteiger partial charge in [-0.3, -0.25) is 9.59 Å². The molecule has 1 N–H and O–H groups in total. The summed E-state index contributed by atoms with van der Waals surface area (Å²) in [5.41, 5.74) is 3.92. The molecule has 0 aromatic heterocycles. The van der Waals surface area contributed by atoms with Crippen molar-refractivity contribution in [3.05, 3.63) is 64.2 Å². The van der Waals surface area contributed by atoms with Crippen LogP contribution in [0, 0.1) is 32.4 Å². The standard InChI is InChI=1S/C20H22F2N2O2/c1-12-9-13(2)19(14(3)10-12)24(15(4)25)8-7-23-20(26)16-5-6-17(21)18(22)11-16/h5-6,9-11H,7-8H2,1-4H3,(H,23,26). The quantitative estimate of drug-likeness (QED) is 0.884. The summed E-state index contributed by atoms with van der Waals surface area (Å²) in [7, 11) is 0. The summed E-state index contributed by atoms with van der Waals surface area (Å²) < 4.78 is 26.2. The third-order valence-corrected chi connectivity index (χ3v) is 4.09. The van der Waals surface area contributed by atoms with Gasteiger partial charge in [-0.1, -0.05) is 17.7 Å². The van der Waals surface area contributed by atoms with E-state index >= 15 is 0 Å². The molecule has 2 aromatic carbocycles. The number of carbonyl (C=O) groups excluding carboxylic acids is 2. The summed E-state index contributed by atoms with van der Waals surface area (Å²) in [4.78, 5) is 25.8. The Bertz CT molecular complexity index is 827. The van der Waals surface area contributed by atoms with Crippen LogP contribution < -0.4 is 10.2 Å². The molecule has 2 aromatic rings. The highest BCUT2D eigenvalue weighted by molar-refractivity contribution is 5.95. The number of carbonyl (C=O) groups is 2. The molecule has 0 heterocycles. The second-order valence-corrected chi connectivity index (χ2v) is 6.30. The molecule has 0 spiro atoms. The van der Waals surface area contributed by atoms with Crippen LogP contribution in [-0.2, 0) is 4.79 Å². The van der Waals surface area contributed by atoms with Gasteiger partial charge in [0.2, 0.25) is 5.91 Å². The third-order valence-electron chi connectivity index (χ3n) is 4.09. The van der Waals surface area contributed by atoms with Crippen molar-refractivity contribution in [3.63, 3.8) is 0 Å². The van der Waals surface area contributed by atoms with Gasteiger partial charge in [-0.2, -0.15) is 0 Å². The first-order valence-electron chi connectivity index (χ1n) is 8.30. The molecule has 0 atom stereocenters. The SMILES string of the molecule is CC(=O)N(CCNC(=O)c1ccc(F)c(F)c1)c1c(C)cc(C)cc1C. The predicted molar refractivity (Wildman–Crippen MR) is 97.4 cm³/mol. The number of benzene rings is 2. The lowest BCUT2D eigenvalue weighted by atomic mass is 10.0. The lowest BCUT2D eigenvalue weighted by Gasteiger charge is -2.25. The molecule has 0 unspecified atom stereocenters. The first-order valence-corrected chi connectivity index (χ1v) is 8.30. The van der Waals surface area contributed by atoms with Crippen molar-refractivity contribution in [1.29, 1.82) is 0 Å². The number of amides is 2. The summed E-state index contributed by atoms with van der Waals surface area (Å²) in [6.45, 7) is 7.79. The van der Waals surface area contributed by atoms with Gasteiger partial charge in [-0.15, -0.1) is 0 Å². The minimum atomic E-state index is -1.08. The normalized spacial score (nSPS) is 10.5. The zero-order chi connectivity index (χ0) is 19.4. The van der Waals surface area contributed by atoms with E-state index in [9.17, 15) is 18.4 Å². The van der Waals surface area contributed by atoms with E-state index in [1.54, 1.807) is 4.90 Å². The molecular weight excluding hydrogens is 338 g/mol. The predicted octanol–water partition coefficient (Wildman–Crippen LogP) is 3.67. The summed E-state index contributed by atoms with van der Waals surface area (Å²) >= 11 is 0. The Hall–Kier alpha value is -2.76. The highest BCUT2D eigenvalue weighted by Crippen LogP contribution is 2.26. The fourth-order valence-electron chi connectivity index (χ4n) is 3.05. The molecule has 138 valence electrons. The van der Waals surface area contributed by atoms with Crippen LogP contribution in [0.1, 0.15) is 34.0 Å². The maximum absolute atomic E-state index is 13.2. The van der Waals surface area contributed by atoms with Crippen molar-refractivity contribution in [2.75, 3.05) is 18.0 Å². The Kier molecular flexibility index (Phi) is 6.08. The van der Waals surface area contributed by atoms with E-state index in [0.717, 1.165) is 34.5 Å². The maximum Gasteiger partial charge on any atom is 0.251 e. The number of halogens is 2. The summed E-state index contributed by atoms with van der Waals surface area (Å²) in [6, 6.07) is 6.97. The monoisotopic (exact) mass is 360 g/mol. The Labute approximate surface area is 151 Å². The zero-order valence-corrected chi connectivity index (χ0v) is 15.3. The van der Waals surface area contributed by atoms with Crippen LogP contribution in [0.25, 0.3) is 0 Å². The molecule has 0 radical (unpaired) electrons. The maximum atomic E-state index is 13.2. The third kappa shape index (κ3) is 4.45. The number of hydrogen-bond acceptors (Lipinski definition) is 2. The molecule has 2 rings (SSSR count). The Balaban J connectivity index is 2.09. The molecule has 6 heteroatoms. The highest BCUT2D eigenvalue weighted by atomic mass is 19.2. The lowest BCUT2D eigenvalue weighted by molar-refractivity contribution is -0.116. The molecule has 2 amide bonds. The van der Waals surface area contributed by atoms with Crippen LogP contribution in [0.2, 0.25) is 0 Å². The van der Waals surface area contributed by atoms with Crippen molar-refractivity contribution < 1.29 is 18.4 Å². The first kappa shape index (κ1) is 19.6. The molecule has 0 saturated carbocycles. The van der Waals surface area contributed by atoms with E-state index in [1.807, 2.05) is 32.9 Å². The number of anilines is 1. The Morgan fingerprint density at radius 2 is 1.62 bits per heavy atom. The molecule has 0 aliphatic heterocycles. The van der Waals surface area contributed by atoms with Gasteiger partial charge in [0.25, 0.3) is 5.91 Å². The number of nitrogens with one attached hydrogen (secondary N) is 1. The molecular formula is C20H22F2N2O2. The number of aryl methyl sites for hydroxylation is 3. The molecule has 0 bridgehead atoms. The first-order chi connectivity index (χ1) is 12.2. The van der Waals surface area contributed by atoms with E-state index in [4.69, 9.17) is 0 Å². The van der Waals surface area contributed by atoms with E-state index in [-0.39, 0.29) is 24.6 Å². The smallest absolute Gasteiger partial charge is 0.251 e. The summed E-state index contributed by atoms with van der Waals surface area (Å²) in [5.74, 6) is -2.74. The van der Waals surface area contributed by atoms with Crippen molar-refractivity contribution >= 4 is 17.5 Å². The fourth-order valence-corrected chi connectivity index (χ4v) is 3.05. The molecule has 0 saturated heterocycles. The van der Waals surface area contributed by atoms with Crippen LogP contribution in [0.15, 0.2) is 30.3 Å². The minimum absolute atomic E-state index is 0.0287. The Morgan fingerprint density at radius 1 is 1.00 bits per heavy atom. The van der Waals surface area contributed by atoms with Crippen LogP contribution in [0.3, 0.4) is 0 Å². The molecule has 0 aliphatic carbocycles. The number of nitrogens with zero attached hydrogens (tertiary/aromatic N) is 1. The van der Waals surface area contributed by atoms with Gasteiger partial charge in [0.05, 0.1) is 0 Å². The van der Waals surface area contributed by atoms with Gasteiger partial charge in [0, 0.05) is 31.3 Å². The topological polar surface area (TPSA) is 49.4 Å². The van der Waals surface area contributed by atoms with Crippen molar-refractivity contribution in [2.24, 2.45) is 0 Å². The van der Waals surface area contributed by atoms with Gasteiger partial charge in [0.1, 0.15) is 0 Å². The van der Waals surface area contributed by atoms with Gasteiger partial charge in [-0.05, 0) is 50.1 Å². The van der Waals surface area contributed by atoms with Crippen LogP contribution in [0.5, 0.6) is 0 Å². The largest absolute Gasteiger partial charge is 0.350 e. The summed E-state index contributed by atoms with van der Waals surface area (Å²) in [5, 5.41) is 2.63. The van der Waals surface area contributed by atoms with Crippen molar-refractivity contribution in [3.8, 4) is 0 Å². The van der Waals surface area contributed by atoms with Gasteiger partial charge in [0.15, 0.2) is 11.6 Å². The molecule has 0 aliphatic rings. The fraction of sp³-hybridized carbons (Fsp3) is 0.300. The average Bonchev–Trinajstić information content (AvgIpc) is 2.54. The second-order valence-electron chi connectivity index (χ2n) is 6.30. The lowest BCUT2D eigenvalue weighted by Crippen LogP contribution is -2.38.